The third-order valence-electron chi connectivity index (χ3n) is 4.76. The van der Waals surface area contributed by atoms with Crippen molar-refractivity contribution in [1.82, 2.24) is 4.98 Å². The lowest BCUT2D eigenvalue weighted by Crippen LogP contribution is -2.40. The number of anilines is 1. The van der Waals surface area contributed by atoms with Crippen LogP contribution in [-0.2, 0) is 0 Å². The first-order valence-corrected chi connectivity index (χ1v) is 7.27. The lowest BCUT2D eigenvalue weighted by atomic mass is 9.74. The van der Waals surface area contributed by atoms with E-state index in [4.69, 9.17) is 0 Å². The Kier molecular flexibility index (Phi) is 4.09. The second kappa shape index (κ2) is 5.61. The minimum absolute atomic E-state index is 0.507. The third-order valence-corrected chi connectivity index (χ3v) is 4.76. The number of rotatable bonds is 3. The summed E-state index contributed by atoms with van der Waals surface area (Å²) in [6.07, 6.45) is 4.92. The molecule has 2 rings (SSSR count). The molecular weight excluding hydrogens is 234 g/mol. The van der Waals surface area contributed by atoms with E-state index in [2.05, 4.69) is 29.8 Å². The molecule has 2 heterocycles. The summed E-state index contributed by atoms with van der Waals surface area (Å²) in [6.45, 7) is 8.62. The number of hydrogen-bond acceptors (Lipinski definition) is 3. The van der Waals surface area contributed by atoms with Gasteiger partial charge in [-0.3, -0.25) is 0 Å². The highest BCUT2D eigenvalue weighted by molar-refractivity contribution is 5.54. The van der Waals surface area contributed by atoms with Gasteiger partial charge in [-0.1, -0.05) is 26.7 Å². The van der Waals surface area contributed by atoms with Gasteiger partial charge in [0.1, 0.15) is 11.9 Å². The zero-order valence-electron chi connectivity index (χ0n) is 12.2. The highest BCUT2D eigenvalue weighted by Crippen LogP contribution is 2.39. The molecule has 0 N–H and O–H groups in total. The van der Waals surface area contributed by atoms with Gasteiger partial charge in [0.25, 0.3) is 0 Å². The standard InChI is InChI=1S/C16H23N3/c1-4-16(5-2)8-10-19(11-9-16)15-14(12-17)7-6-13(3)18-15/h6-7H,4-5,8-11H2,1-3H3. The molecule has 1 aliphatic rings. The maximum Gasteiger partial charge on any atom is 0.146 e. The predicted octanol–water partition coefficient (Wildman–Crippen LogP) is 3.67. The van der Waals surface area contributed by atoms with E-state index >= 15 is 0 Å². The number of piperidine rings is 1. The molecule has 0 bridgehead atoms. The average molecular weight is 257 g/mol. The van der Waals surface area contributed by atoms with E-state index in [1.165, 1.54) is 25.7 Å². The van der Waals surface area contributed by atoms with Gasteiger partial charge in [0.2, 0.25) is 0 Å². The Morgan fingerprint density at radius 3 is 2.42 bits per heavy atom. The van der Waals surface area contributed by atoms with Gasteiger partial charge >= 0.3 is 0 Å². The minimum Gasteiger partial charge on any atom is -0.355 e. The van der Waals surface area contributed by atoms with Gasteiger partial charge in [-0.2, -0.15) is 5.26 Å². The molecule has 0 atom stereocenters. The fourth-order valence-electron chi connectivity index (χ4n) is 3.02. The summed E-state index contributed by atoms with van der Waals surface area (Å²) in [6, 6.07) is 6.06. The highest BCUT2D eigenvalue weighted by atomic mass is 15.2. The van der Waals surface area contributed by atoms with Crippen LogP contribution in [0.5, 0.6) is 0 Å². The first-order chi connectivity index (χ1) is 9.14. The fourth-order valence-corrected chi connectivity index (χ4v) is 3.02. The summed E-state index contributed by atoms with van der Waals surface area (Å²) in [5, 5.41) is 9.22. The van der Waals surface area contributed by atoms with Crippen LogP contribution in [0.1, 0.15) is 50.8 Å². The molecule has 0 unspecified atom stereocenters. The Hall–Kier alpha value is -1.56. The van der Waals surface area contributed by atoms with Crippen LogP contribution in [0.2, 0.25) is 0 Å². The molecule has 0 spiro atoms. The van der Waals surface area contributed by atoms with Crippen molar-refractivity contribution in [3.8, 4) is 6.07 Å². The van der Waals surface area contributed by atoms with Crippen LogP contribution in [-0.4, -0.2) is 18.1 Å². The average Bonchev–Trinajstić information content (AvgIpc) is 2.47. The second-order valence-electron chi connectivity index (χ2n) is 5.63. The lowest BCUT2D eigenvalue weighted by Gasteiger charge is -2.41. The van der Waals surface area contributed by atoms with Crippen LogP contribution in [0.3, 0.4) is 0 Å². The Labute approximate surface area is 116 Å². The topological polar surface area (TPSA) is 39.9 Å². The van der Waals surface area contributed by atoms with Crippen LogP contribution < -0.4 is 4.90 Å². The number of pyridine rings is 1. The van der Waals surface area contributed by atoms with Crippen molar-refractivity contribution in [3.63, 3.8) is 0 Å². The van der Waals surface area contributed by atoms with Gasteiger partial charge in [0.15, 0.2) is 0 Å². The Balaban J connectivity index is 2.18. The summed E-state index contributed by atoms with van der Waals surface area (Å²) in [5.74, 6) is 0.878. The highest BCUT2D eigenvalue weighted by Gasteiger charge is 2.32. The van der Waals surface area contributed by atoms with Crippen LogP contribution in [0.4, 0.5) is 5.82 Å². The summed E-state index contributed by atoms with van der Waals surface area (Å²) in [4.78, 5) is 6.86. The van der Waals surface area contributed by atoms with Gasteiger partial charge < -0.3 is 4.90 Å². The van der Waals surface area contributed by atoms with Gasteiger partial charge in [-0.25, -0.2) is 4.98 Å². The number of nitrogens with zero attached hydrogens (tertiary/aromatic N) is 3. The Morgan fingerprint density at radius 2 is 1.89 bits per heavy atom. The van der Waals surface area contributed by atoms with Gasteiger partial charge in [0, 0.05) is 18.8 Å². The summed E-state index contributed by atoms with van der Waals surface area (Å²) in [5.41, 5.74) is 2.19. The molecule has 1 saturated heterocycles. The van der Waals surface area contributed by atoms with Crippen molar-refractivity contribution >= 4 is 5.82 Å². The molecule has 19 heavy (non-hydrogen) atoms. The zero-order chi connectivity index (χ0) is 13.9. The Bertz CT molecular complexity index is 473. The molecule has 3 heteroatoms. The Morgan fingerprint density at radius 1 is 1.26 bits per heavy atom. The van der Waals surface area contributed by atoms with Gasteiger partial charge in [0.05, 0.1) is 5.56 Å². The van der Waals surface area contributed by atoms with Crippen LogP contribution in [0, 0.1) is 23.7 Å². The van der Waals surface area contributed by atoms with Crippen LogP contribution in [0.25, 0.3) is 0 Å². The molecule has 0 radical (unpaired) electrons. The largest absolute Gasteiger partial charge is 0.355 e. The number of nitriles is 1. The van der Waals surface area contributed by atoms with Gasteiger partial charge in [-0.15, -0.1) is 0 Å². The van der Waals surface area contributed by atoms with E-state index < -0.39 is 0 Å². The molecule has 0 aliphatic carbocycles. The first kappa shape index (κ1) is 13.9. The van der Waals surface area contributed by atoms with E-state index in [1.807, 2.05) is 19.1 Å². The van der Waals surface area contributed by atoms with Crippen molar-refractivity contribution < 1.29 is 0 Å². The van der Waals surface area contributed by atoms with Crippen LogP contribution >= 0.6 is 0 Å². The molecular formula is C16H23N3. The molecule has 1 aliphatic heterocycles. The molecule has 0 amide bonds. The summed E-state index contributed by atoms with van der Waals surface area (Å²) < 4.78 is 0. The second-order valence-corrected chi connectivity index (χ2v) is 5.63. The van der Waals surface area contributed by atoms with Crippen LogP contribution in [0.15, 0.2) is 12.1 Å². The molecule has 0 saturated carbocycles. The molecule has 1 aromatic rings. The van der Waals surface area contributed by atoms with E-state index in [0.29, 0.717) is 11.0 Å². The smallest absolute Gasteiger partial charge is 0.146 e. The first-order valence-electron chi connectivity index (χ1n) is 7.27. The van der Waals surface area contributed by atoms with E-state index in [-0.39, 0.29) is 0 Å². The van der Waals surface area contributed by atoms with Gasteiger partial charge in [-0.05, 0) is 37.3 Å². The molecule has 3 nitrogen and oxygen atoms in total. The van der Waals surface area contributed by atoms with E-state index in [9.17, 15) is 5.26 Å². The molecule has 1 aromatic heterocycles. The zero-order valence-corrected chi connectivity index (χ0v) is 12.2. The van der Waals surface area contributed by atoms with Crippen molar-refractivity contribution in [1.29, 1.82) is 5.26 Å². The van der Waals surface area contributed by atoms with E-state index in [1.54, 1.807) is 0 Å². The third kappa shape index (κ3) is 2.73. The predicted molar refractivity (Wildman–Crippen MR) is 78.2 cm³/mol. The molecule has 1 fully saturated rings. The summed E-state index contributed by atoms with van der Waals surface area (Å²) in [7, 11) is 0. The number of hydrogen-bond donors (Lipinski definition) is 0. The minimum atomic E-state index is 0.507. The quantitative estimate of drug-likeness (QED) is 0.829. The monoisotopic (exact) mass is 257 g/mol. The maximum atomic E-state index is 9.22. The molecule has 0 aromatic carbocycles. The van der Waals surface area contributed by atoms with Crippen molar-refractivity contribution in [2.75, 3.05) is 18.0 Å². The van der Waals surface area contributed by atoms with Crippen molar-refractivity contribution in [2.45, 2.75) is 46.5 Å². The number of aryl methyl sites for hydroxylation is 1. The van der Waals surface area contributed by atoms with Crippen molar-refractivity contribution in [3.05, 3.63) is 23.4 Å². The summed E-state index contributed by atoms with van der Waals surface area (Å²) >= 11 is 0. The lowest BCUT2D eigenvalue weighted by molar-refractivity contribution is 0.199. The molecule has 102 valence electrons. The van der Waals surface area contributed by atoms with Crippen molar-refractivity contribution in [2.24, 2.45) is 5.41 Å². The maximum absolute atomic E-state index is 9.22. The van der Waals surface area contributed by atoms with E-state index in [0.717, 1.165) is 24.6 Å². The normalized spacial score (nSPS) is 18.1. The SMILES string of the molecule is CCC1(CC)CCN(c2nc(C)ccc2C#N)CC1. The fraction of sp³-hybridized carbons (Fsp3) is 0.625. The number of aromatic nitrogens is 1.